The Bertz CT molecular complexity index is 660. The number of benzene rings is 1. The molecule has 0 fully saturated rings. The Kier molecular flexibility index (Phi) is 5.80. The third-order valence-corrected chi connectivity index (χ3v) is 3.08. The molecule has 1 aromatic heterocycles. The number of methoxy groups -OCH3 is 1. The van der Waals surface area contributed by atoms with E-state index >= 15 is 0 Å². The van der Waals surface area contributed by atoms with Gasteiger partial charge in [-0.15, -0.1) is 0 Å². The van der Waals surface area contributed by atoms with Crippen molar-refractivity contribution in [3.05, 3.63) is 53.5 Å². The summed E-state index contributed by atoms with van der Waals surface area (Å²) in [7, 11) is 1.33. The van der Waals surface area contributed by atoms with E-state index in [9.17, 15) is 9.59 Å². The van der Waals surface area contributed by atoms with Gasteiger partial charge in [0.15, 0.2) is 5.76 Å². The van der Waals surface area contributed by atoms with E-state index in [2.05, 4.69) is 10.1 Å². The molecular formula is C17H19NO5. The standard InChI is InChI=1S/C17H19NO5/c1-3-10-18-16(19)15-9-8-14(23-15)11-22-13-6-4-12(5-7-13)17(20)21-2/h4-9H,3,10-11H2,1-2H3,(H,18,19). The van der Waals surface area contributed by atoms with Crippen molar-refractivity contribution in [2.24, 2.45) is 0 Å². The fourth-order valence-corrected chi connectivity index (χ4v) is 1.86. The van der Waals surface area contributed by atoms with Gasteiger partial charge in [0.25, 0.3) is 5.91 Å². The summed E-state index contributed by atoms with van der Waals surface area (Å²) in [6.45, 7) is 2.78. The van der Waals surface area contributed by atoms with Gasteiger partial charge in [-0.2, -0.15) is 0 Å². The maximum absolute atomic E-state index is 11.7. The van der Waals surface area contributed by atoms with Gasteiger partial charge in [-0.25, -0.2) is 4.79 Å². The van der Waals surface area contributed by atoms with Crippen molar-refractivity contribution in [1.29, 1.82) is 0 Å². The van der Waals surface area contributed by atoms with Crippen LogP contribution >= 0.6 is 0 Å². The quantitative estimate of drug-likeness (QED) is 0.795. The number of hydrogen-bond donors (Lipinski definition) is 1. The zero-order chi connectivity index (χ0) is 16.7. The molecule has 0 saturated carbocycles. The molecule has 2 rings (SSSR count). The van der Waals surface area contributed by atoms with E-state index in [-0.39, 0.29) is 18.3 Å². The molecule has 0 bridgehead atoms. The first kappa shape index (κ1) is 16.6. The first-order valence-corrected chi connectivity index (χ1v) is 7.32. The summed E-state index contributed by atoms with van der Waals surface area (Å²) in [5.41, 5.74) is 0.452. The summed E-state index contributed by atoms with van der Waals surface area (Å²) in [6.07, 6.45) is 0.865. The molecule has 0 saturated heterocycles. The highest BCUT2D eigenvalue weighted by Crippen LogP contribution is 2.16. The number of carbonyl (C=O) groups is 2. The van der Waals surface area contributed by atoms with Crippen LogP contribution in [0.5, 0.6) is 5.75 Å². The van der Waals surface area contributed by atoms with Crippen LogP contribution in [0.1, 0.15) is 40.0 Å². The van der Waals surface area contributed by atoms with Crippen LogP contribution < -0.4 is 10.1 Å². The molecule has 2 aromatic rings. The molecule has 0 aliphatic rings. The minimum Gasteiger partial charge on any atom is -0.486 e. The Balaban J connectivity index is 1.90. The third-order valence-electron chi connectivity index (χ3n) is 3.08. The fraction of sp³-hybridized carbons (Fsp3) is 0.294. The monoisotopic (exact) mass is 317 g/mol. The molecule has 1 aromatic carbocycles. The van der Waals surface area contributed by atoms with Crippen LogP contribution in [0.3, 0.4) is 0 Å². The Morgan fingerprint density at radius 1 is 1.13 bits per heavy atom. The molecule has 122 valence electrons. The normalized spacial score (nSPS) is 10.2. The van der Waals surface area contributed by atoms with Crippen molar-refractivity contribution in [2.75, 3.05) is 13.7 Å². The summed E-state index contributed by atoms with van der Waals surface area (Å²) in [5.74, 6) is 0.763. The molecule has 0 radical (unpaired) electrons. The van der Waals surface area contributed by atoms with E-state index in [0.717, 1.165) is 6.42 Å². The second kappa shape index (κ2) is 8.03. The van der Waals surface area contributed by atoms with E-state index in [1.807, 2.05) is 6.92 Å². The Morgan fingerprint density at radius 2 is 1.87 bits per heavy atom. The number of rotatable bonds is 7. The van der Waals surface area contributed by atoms with Crippen LogP contribution in [0.25, 0.3) is 0 Å². The van der Waals surface area contributed by atoms with Crippen LogP contribution in [0, 0.1) is 0 Å². The zero-order valence-electron chi connectivity index (χ0n) is 13.1. The van der Waals surface area contributed by atoms with Gasteiger partial charge in [0, 0.05) is 6.54 Å². The summed E-state index contributed by atoms with van der Waals surface area (Å²) in [4.78, 5) is 23.1. The Labute approximate surface area is 134 Å². The number of amides is 1. The van der Waals surface area contributed by atoms with Gasteiger partial charge in [-0.05, 0) is 42.8 Å². The average molecular weight is 317 g/mol. The lowest BCUT2D eigenvalue weighted by Gasteiger charge is -2.05. The van der Waals surface area contributed by atoms with Gasteiger partial charge in [-0.3, -0.25) is 4.79 Å². The SMILES string of the molecule is CCCNC(=O)c1ccc(COc2ccc(C(=O)OC)cc2)o1. The molecule has 6 nitrogen and oxygen atoms in total. The Hall–Kier alpha value is -2.76. The van der Waals surface area contributed by atoms with Gasteiger partial charge in [-0.1, -0.05) is 6.92 Å². The molecule has 1 N–H and O–H groups in total. The first-order valence-electron chi connectivity index (χ1n) is 7.32. The van der Waals surface area contributed by atoms with E-state index in [1.165, 1.54) is 7.11 Å². The molecular weight excluding hydrogens is 298 g/mol. The summed E-state index contributed by atoms with van der Waals surface area (Å²) in [5, 5.41) is 2.74. The first-order chi connectivity index (χ1) is 11.1. The molecule has 0 aliphatic carbocycles. The second-order valence-corrected chi connectivity index (χ2v) is 4.83. The van der Waals surface area contributed by atoms with E-state index in [4.69, 9.17) is 9.15 Å². The largest absolute Gasteiger partial charge is 0.486 e. The van der Waals surface area contributed by atoms with E-state index < -0.39 is 5.97 Å². The molecule has 6 heteroatoms. The number of nitrogens with one attached hydrogen (secondary N) is 1. The van der Waals surface area contributed by atoms with Crippen molar-refractivity contribution >= 4 is 11.9 Å². The van der Waals surface area contributed by atoms with Gasteiger partial charge >= 0.3 is 5.97 Å². The van der Waals surface area contributed by atoms with Crippen LogP contribution in [-0.4, -0.2) is 25.5 Å². The molecule has 0 spiro atoms. The minimum atomic E-state index is -0.398. The van der Waals surface area contributed by atoms with Crippen molar-refractivity contribution in [2.45, 2.75) is 20.0 Å². The second-order valence-electron chi connectivity index (χ2n) is 4.83. The number of carbonyl (C=O) groups excluding carboxylic acids is 2. The topological polar surface area (TPSA) is 77.8 Å². The molecule has 23 heavy (non-hydrogen) atoms. The third kappa shape index (κ3) is 4.60. The van der Waals surface area contributed by atoms with Gasteiger partial charge in [0.05, 0.1) is 12.7 Å². The molecule has 0 unspecified atom stereocenters. The number of esters is 1. The summed E-state index contributed by atoms with van der Waals surface area (Å²) >= 11 is 0. The Morgan fingerprint density at radius 3 is 2.52 bits per heavy atom. The minimum absolute atomic E-state index is 0.193. The predicted molar refractivity (Wildman–Crippen MR) is 83.4 cm³/mol. The summed E-state index contributed by atoms with van der Waals surface area (Å²) < 4.78 is 15.6. The van der Waals surface area contributed by atoms with Gasteiger partial charge < -0.3 is 19.2 Å². The van der Waals surface area contributed by atoms with Crippen molar-refractivity contribution in [3.8, 4) is 5.75 Å². The number of hydrogen-bond acceptors (Lipinski definition) is 5. The van der Waals surface area contributed by atoms with Crippen molar-refractivity contribution in [3.63, 3.8) is 0 Å². The number of furan rings is 1. The summed E-state index contributed by atoms with van der Waals surface area (Å²) in [6, 6.07) is 9.89. The highest BCUT2D eigenvalue weighted by Gasteiger charge is 2.11. The highest BCUT2D eigenvalue weighted by atomic mass is 16.5. The van der Waals surface area contributed by atoms with Crippen LogP contribution in [0.4, 0.5) is 0 Å². The average Bonchev–Trinajstić information content (AvgIpc) is 3.06. The van der Waals surface area contributed by atoms with Crippen molar-refractivity contribution in [1.82, 2.24) is 5.32 Å². The maximum atomic E-state index is 11.7. The molecule has 0 atom stereocenters. The molecule has 1 amide bonds. The van der Waals surface area contributed by atoms with Gasteiger partial charge in [0.2, 0.25) is 0 Å². The highest BCUT2D eigenvalue weighted by molar-refractivity contribution is 5.91. The van der Waals surface area contributed by atoms with E-state index in [1.54, 1.807) is 36.4 Å². The number of ether oxygens (including phenoxy) is 2. The lowest BCUT2D eigenvalue weighted by molar-refractivity contribution is 0.0600. The van der Waals surface area contributed by atoms with Crippen LogP contribution in [0.15, 0.2) is 40.8 Å². The van der Waals surface area contributed by atoms with Crippen molar-refractivity contribution < 1.29 is 23.5 Å². The van der Waals surface area contributed by atoms with E-state index in [0.29, 0.717) is 23.6 Å². The maximum Gasteiger partial charge on any atom is 0.337 e. The lowest BCUT2D eigenvalue weighted by Crippen LogP contribution is -2.23. The fourth-order valence-electron chi connectivity index (χ4n) is 1.86. The van der Waals surface area contributed by atoms with Gasteiger partial charge in [0.1, 0.15) is 18.1 Å². The lowest BCUT2D eigenvalue weighted by atomic mass is 10.2. The zero-order valence-corrected chi connectivity index (χ0v) is 13.1. The molecule has 1 heterocycles. The van der Waals surface area contributed by atoms with Crippen LogP contribution in [-0.2, 0) is 11.3 Å². The smallest absolute Gasteiger partial charge is 0.337 e. The van der Waals surface area contributed by atoms with Crippen LogP contribution in [0.2, 0.25) is 0 Å². The molecule has 0 aliphatic heterocycles. The predicted octanol–water partition coefficient (Wildman–Crippen LogP) is 2.79.